The molecule has 1 fully saturated rings. The molecule has 1 aromatic carbocycles. The molecule has 3 nitrogen and oxygen atoms in total. The largest absolute Gasteiger partial charge is 0.324 e. The number of piperidine rings is 1. The summed E-state index contributed by atoms with van der Waals surface area (Å²) in [6.45, 7) is 10.6. The summed E-state index contributed by atoms with van der Waals surface area (Å²) in [5, 5.41) is 3.18. The van der Waals surface area contributed by atoms with Crippen LogP contribution in [0.4, 0.5) is 5.69 Å². The summed E-state index contributed by atoms with van der Waals surface area (Å²) in [6.07, 6.45) is 3.27. The Morgan fingerprint density at radius 3 is 2.62 bits per heavy atom. The number of amides is 1. The summed E-state index contributed by atoms with van der Waals surface area (Å²) >= 11 is 0. The molecule has 0 saturated carbocycles. The van der Waals surface area contributed by atoms with Gasteiger partial charge in [-0.05, 0) is 63.2 Å². The summed E-state index contributed by atoms with van der Waals surface area (Å²) in [7, 11) is 0. The number of nitrogens with one attached hydrogen (secondary N) is 1. The van der Waals surface area contributed by atoms with Crippen LogP contribution in [0.5, 0.6) is 0 Å². The first kappa shape index (κ1) is 16.0. The maximum Gasteiger partial charge on any atom is 0.241 e. The zero-order valence-electron chi connectivity index (χ0n) is 13.8. The standard InChI is InChI=1S/C18H28N2O/c1-5-10-20-11-9-13(2)12-16(20)18(21)19-17-14(3)7-6-8-15(17)4/h6-8,13,16H,5,9-12H2,1-4H3,(H,19,21)/t13-,16+/m1/s1. The lowest BCUT2D eigenvalue weighted by Crippen LogP contribution is -2.49. The third-order valence-corrected chi connectivity index (χ3v) is 4.52. The van der Waals surface area contributed by atoms with Crippen LogP contribution >= 0.6 is 0 Å². The monoisotopic (exact) mass is 288 g/mol. The number of carbonyl (C=O) groups is 1. The molecule has 0 unspecified atom stereocenters. The minimum atomic E-state index is 0.0210. The highest BCUT2D eigenvalue weighted by Gasteiger charge is 2.31. The van der Waals surface area contributed by atoms with Gasteiger partial charge in [-0.1, -0.05) is 32.0 Å². The molecule has 1 aromatic rings. The van der Waals surface area contributed by atoms with Crippen LogP contribution in [0.2, 0.25) is 0 Å². The molecule has 21 heavy (non-hydrogen) atoms. The van der Waals surface area contributed by atoms with Crippen molar-refractivity contribution < 1.29 is 4.79 Å². The van der Waals surface area contributed by atoms with Gasteiger partial charge in [-0.3, -0.25) is 9.69 Å². The predicted octanol–water partition coefficient (Wildman–Crippen LogP) is 3.75. The van der Waals surface area contributed by atoms with E-state index in [1.54, 1.807) is 0 Å². The van der Waals surface area contributed by atoms with Gasteiger partial charge in [0, 0.05) is 5.69 Å². The van der Waals surface area contributed by atoms with E-state index in [0.717, 1.165) is 42.7 Å². The fourth-order valence-electron chi connectivity index (χ4n) is 3.24. The molecular formula is C18H28N2O. The minimum Gasteiger partial charge on any atom is -0.324 e. The molecule has 0 bridgehead atoms. The maximum atomic E-state index is 12.7. The second kappa shape index (κ2) is 7.08. The van der Waals surface area contributed by atoms with E-state index in [4.69, 9.17) is 0 Å². The number of carbonyl (C=O) groups excluding carboxylic acids is 1. The lowest BCUT2D eigenvalue weighted by Gasteiger charge is -2.37. The molecule has 2 rings (SSSR count). The fourth-order valence-corrected chi connectivity index (χ4v) is 3.24. The Hall–Kier alpha value is -1.35. The van der Waals surface area contributed by atoms with Gasteiger partial charge in [0.05, 0.1) is 6.04 Å². The second-order valence-electron chi connectivity index (χ2n) is 6.44. The molecule has 2 atom stereocenters. The number of hydrogen-bond acceptors (Lipinski definition) is 2. The van der Waals surface area contributed by atoms with Gasteiger partial charge >= 0.3 is 0 Å². The van der Waals surface area contributed by atoms with Crippen LogP contribution in [-0.4, -0.2) is 29.9 Å². The summed E-state index contributed by atoms with van der Waals surface area (Å²) in [6, 6.07) is 6.16. The summed E-state index contributed by atoms with van der Waals surface area (Å²) in [4.78, 5) is 15.1. The highest BCUT2D eigenvalue weighted by molar-refractivity contribution is 5.96. The van der Waals surface area contributed by atoms with Crippen LogP contribution < -0.4 is 5.32 Å². The van der Waals surface area contributed by atoms with Gasteiger partial charge in [0.2, 0.25) is 5.91 Å². The fraction of sp³-hybridized carbons (Fsp3) is 0.611. The Bertz CT molecular complexity index is 478. The molecule has 1 N–H and O–H groups in total. The van der Waals surface area contributed by atoms with E-state index in [1.807, 2.05) is 6.07 Å². The first-order valence-electron chi connectivity index (χ1n) is 8.14. The molecule has 0 aliphatic carbocycles. The molecule has 1 saturated heterocycles. The zero-order valence-corrected chi connectivity index (χ0v) is 13.8. The van der Waals surface area contributed by atoms with Crippen molar-refractivity contribution in [1.82, 2.24) is 4.90 Å². The number of hydrogen-bond donors (Lipinski definition) is 1. The Kier molecular flexibility index (Phi) is 5.40. The van der Waals surface area contributed by atoms with Gasteiger partial charge in [-0.15, -0.1) is 0 Å². The average Bonchev–Trinajstić information content (AvgIpc) is 2.45. The Morgan fingerprint density at radius 2 is 2.00 bits per heavy atom. The number of para-hydroxylation sites is 1. The van der Waals surface area contributed by atoms with E-state index in [0.29, 0.717) is 5.92 Å². The summed E-state index contributed by atoms with van der Waals surface area (Å²) < 4.78 is 0. The van der Waals surface area contributed by atoms with Gasteiger partial charge in [-0.2, -0.15) is 0 Å². The Morgan fingerprint density at radius 1 is 1.33 bits per heavy atom. The highest BCUT2D eigenvalue weighted by Crippen LogP contribution is 2.25. The highest BCUT2D eigenvalue weighted by atomic mass is 16.2. The van der Waals surface area contributed by atoms with E-state index in [-0.39, 0.29) is 11.9 Å². The van der Waals surface area contributed by atoms with Crippen molar-refractivity contribution in [3.8, 4) is 0 Å². The quantitative estimate of drug-likeness (QED) is 0.915. The molecule has 1 aliphatic rings. The number of rotatable bonds is 4. The number of nitrogens with zero attached hydrogens (tertiary/aromatic N) is 1. The normalized spacial score (nSPS) is 23.0. The minimum absolute atomic E-state index is 0.0210. The first-order chi connectivity index (χ1) is 10.0. The van der Waals surface area contributed by atoms with Crippen molar-refractivity contribution in [2.75, 3.05) is 18.4 Å². The van der Waals surface area contributed by atoms with Crippen LogP contribution in [0.15, 0.2) is 18.2 Å². The Labute approximate surface area is 128 Å². The number of anilines is 1. The smallest absolute Gasteiger partial charge is 0.241 e. The van der Waals surface area contributed by atoms with Crippen LogP contribution in [-0.2, 0) is 4.79 Å². The van der Waals surface area contributed by atoms with E-state index in [1.165, 1.54) is 6.42 Å². The van der Waals surface area contributed by atoms with Crippen molar-refractivity contribution in [3.63, 3.8) is 0 Å². The average molecular weight is 288 g/mol. The van der Waals surface area contributed by atoms with E-state index in [2.05, 4.69) is 50.0 Å². The van der Waals surface area contributed by atoms with Gasteiger partial charge in [-0.25, -0.2) is 0 Å². The van der Waals surface area contributed by atoms with Crippen LogP contribution in [0, 0.1) is 19.8 Å². The van der Waals surface area contributed by atoms with Gasteiger partial charge in [0.25, 0.3) is 0 Å². The van der Waals surface area contributed by atoms with Crippen molar-refractivity contribution in [2.45, 2.75) is 53.0 Å². The molecule has 0 aromatic heterocycles. The van der Waals surface area contributed by atoms with Gasteiger partial charge in [0.1, 0.15) is 0 Å². The number of aryl methyl sites for hydroxylation is 2. The van der Waals surface area contributed by atoms with E-state index < -0.39 is 0 Å². The van der Waals surface area contributed by atoms with Crippen molar-refractivity contribution >= 4 is 11.6 Å². The predicted molar refractivity (Wildman–Crippen MR) is 88.6 cm³/mol. The van der Waals surface area contributed by atoms with Crippen LogP contribution in [0.1, 0.15) is 44.2 Å². The lowest BCUT2D eigenvalue weighted by molar-refractivity contribution is -0.123. The van der Waals surface area contributed by atoms with Gasteiger partial charge < -0.3 is 5.32 Å². The van der Waals surface area contributed by atoms with Crippen LogP contribution in [0.3, 0.4) is 0 Å². The SMILES string of the molecule is CCCN1CC[C@@H](C)C[C@H]1C(=O)Nc1c(C)cccc1C. The third-order valence-electron chi connectivity index (χ3n) is 4.52. The lowest BCUT2D eigenvalue weighted by atomic mass is 9.91. The molecular weight excluding hydrogens is 260 g/mol. The van der Waals surface area contributed by atoms with Gasteiger partial charge in [0.15, 0.2) is 0 Å². The molecule has 0 radical (unpaired) electrons. The topological polar surface area (TPSA) is 32.3 Å². The molecule has 3 heteroatoms. The summed E-state index contributed by atoms with van der Waals surface area (Å²) in [5.74, 6) is 0.791. The second-order valence-corrected chi connectivity index (χ2v) is 6.44. The van der Waals surface area contributed by atoms with E-state index >= 15 is 0 Å². The molecule has 1 aliphatic heterocycles. The van der Waals surface area contributed by atoms with Crippen molar-refractivity contribution in [1.29, 1.82) is 0 Å². The zero-order chi connectivity index (χ0) is 15.4. The Balaban J connectivity index is 2.13. The first-order valence-corrected chi connectivity index (χ1v) is 8.14. The molecule has 116 valence electrons. The van der Waals surface area contributed by atoms with Crippen LogP contribution in [0.25, 0.3) is 0 Å². The van der Waals surface area contributed by atoms with Crippen molar-refractivity contribution in [3.05, 3.63) is 29.3 Å². The maximum absolute atomic E-state index is 12.7. The summed E-state index contributed by atoms with van der Waals surface area (Å²) in [5.41, 5.74) is 3.25. The number of benzene rings is 1. The third kappa shape index (κ3) is 3.85. The number of likely N-dealkylation sites (tertiary alicyclic amines) is 1. The van der Waals surface area contributed by atoms with Crippen molar-refractivity contribution in [2.24, 2.45) is 5.92 Å². The molecule has 1 amide bonds. The van der Waals surface area contributed by atoms with E-state index in [9.17, 15) is 4.79 Å². The molecule has 1 heterocycles. The molecule has 0 spiro atoms.